The number of nitrogens with zero attached hydrogens (tertiary/aromatic N) is 2. The van der Waals surface area contributed by atoms with Crippen LogP contribution in [0.25, 0.3) is 0 Å². The van der Waals surface area contributed by atoms with E-state index in [0.717, 1.165) is 32.8 Å². The van der Waals surface area contributed by atoms with Gasteiger partial charge in [-0.05, 0) is 0 Å². The Hall–Kier alpha value is 0.120. The van der Waals surface area contributed by atoms with E-state index in [1.165, 1.54) is 48.1 Å². The van der Waals surface area contributed by atoms with E-state index >= 15 is 0 Å². The Balaban J connectivity index is 3.26. The molecule has 0 aliphatic rings. The van der Waals surface area contributed by atoms with E-state index in [1.807, 2.05) is 0 Å². The fourth-order valence-corrected chi connectivity index (χ4v) is 6.87. The third-order valence-corrected chi connectivity index (χ3v) is 10.4. The van der Waals surface area contributed by atoms with E-state index in [2.05, 4.69) is 25.5 Å². The lowest BCUT2D eigenvalue weighted by molar-refractivity contribution is -0.210. The van der Waals surface area contributed by atoms with E-state index in [9.17, 15) is 9.59 Å². The number of alkyl carbamates (subject to hydrolysis) is 2. The van der Waals surface area contributed by atoms with Crippen LogP contribution in [0.4, 0.5) is 9.59 Å². The summed E-state index contributed by atoms with van der Waals surface area (Å²) in [5.74, 6) is 3.58. The van der Waals surface area contributed by atoms with Crippen molar-refractivity contribution in [3.05, 3.63) is 0 Å². The quantitative estimate of drug-likeness (QED) is 0.0209. The first-order chi connectivity index (χ1) is 20.2. The molecule has 0 aliphatic heterocycles. The molecule has 14 nitrogen and oxygen atoms in total. The SMILES string of the molecule is O=C(NCSCSC/N=C/OOCSCO)OCCSCSCCOO/C=N/CSCSCNC(=O)OCSCO. The standard InChI is InChI=1S/C19H36N4O10S8/c24-11-40-13-29-19(27)23-10-39-17-36-7-20-5-31-30-2-4-35-15-34-3-1-28-18(26)22-9-38-16-37-8-21-6-32-33-14-41-12-25/h5-6,24-25H,1-4,7-17H2,(H,22,26)(H,23,27)/b20-5+,21-6+. The van der Waals surface area contributed by atoms with Crippen molar-refractivity contribution >= 4 is 119 Å². The molecule has 0 aromatic carbocycles. The number of ether oxygens (including phenoxy) is 2. The first-order valence-electron chi connectivity index (χ1n) is 11.4. The van der Waals surface area contributed by atoms with Gasteiger partial charge in [0.15, 0.2) is 0 Å². The lowest BCUT2D eigenvalue weighted by Crippen LogP contribution is -2.24. The highest BCUT2D eigenvalue weighted by Gasteiger charge is 2.02. The smallest absolute Gasteiger partial charge is 0.408 e. The zero-order chi connectivity index (χ0) is 29.9. The maximum Gasteiger partial charge on any atom is 0.408 e. The van der Waals surface area contributed by atoms with Crippen molar-refractivity contribution < 1.29 is 48.8 Å². The van der Waals surface area contributed by atoms with Crippen LogP contribution >= 0.6 is 94.1 Å². The third kappa shape index (κ3) is 36.2. The van der Waals surface area contributed by atoms with E-state index in [0.29, 0.717) is 42.5 Å². The minimum atomic E-state index is -0.510. The number of aliphatic hydroxyl groups excluding tert-OH is 2. The zero-order valence-electron chi connectivity index (χ0n) is 22.1. The highest BCUT2D eigenvalue weighted by Crippen LogP contribution is 2.13. The number of aliphatic hydroxyl groups is 2. The van der Waals surface area contributed by atoms with Gasteiger partial charge >= 0.3 is 12.2 Å². The summed E-state index contributed by atoms with van der Waals surface area (Å²) in [4.78, 5) is 50.2. The summed E-state index contributed by atoms with van der Waals surface area (Å²) >= 11 is 11.8. The molecule has 0 heterocycles. The van der Waals surface area contributed by atoms with Crippen LogP contribution in [0.2, 0.25) is 0 Å². The maximum atomic E-state index is 11.6. The van der Waals surface area contributed by atoms with Gasteiger partial charge in [-0.25, -0.2) is 19.6 Å². The number of aliphatic imine (C=N–C) groups is 2. The molecule has 0 saturated heterocycles. The minimum Gasteiger partial charge on any atom is -0.449 e. The van der Waals surface area contributed by atoms with Crippen LogP contribution in [-0.2, 0) is 29.0 Å². The van der Waals surface area contributed by atoms with Crippen molar-refractivity contribution in [1.82, 2.24) is 10.6 Å². The molecule has 0 aromatic heterocycles. The zero-order valence-corrected chi connectivity index (χ0v) is 28.6. The summed E-state index contributed by atoms with van der Waals surface area (Å²) in [5, 5.41) is 24.7. The Labute approximate surface area is 274 Å². The van der Waals surface area contributed by atoms with Crippen LogP contribution < -0.4 is 10.6 Å². The number of hydrogen-bond donors (Lipinski definition) is 4. The van der Waals surface area contributed by atoms with Gasteiger partial charge in [-0.3, -0.25) is 0 Å². The van der Waals surface area contributed by atoms with Crippen LogP contribution in [-0.4, -0.2) is 122 Å². The van der Waals surface area contributed by atoms with Gasteiger partial charge in [-0.1, -0.05) is 11.8 Å². The Morgan fingerprint density at radius 1 is 0.634 bits per heavy atom. The van der Waals surface area contributed by atoms with Gasteiger partial charge in [0.2, 0.25) is 12.8 Å². The van der Waals surface area contributed by atoms with Crippen molar-refractivity contribution in [3.8, 4) is 0 Å². The molecular weight excluding hydrogens is 701 g/mol. The molecule has 0 fully saturated rings. The van der Waals surface area contributed by atoms with E-state index < -0.39 is 12.2 Å². The van der Waals surface area contributed by atoms with Crippen molar-refractivity contribution in [2.45, 2.75) is 0 Å². The molecule has 4 N–H and O–H groups in total. The van der Waals surface area contributed by atoms with Crippen molar-refractivity contribution in [2.24, 2.45) is 9.98 Å². The van der Waals surface area contributed by atoms with Crippen LogP contribution in [0.3, 0.4) is 0 Å². The summed E-state index contributed by atoms with van der Waals surface area (Å²) in [7, 11) is 0. The van der Waals surface area contributed by atoms with Gasteiger partial charge in [-0.2, -0.15) is 9.78 Å². The summed E-state index contributed by atoms with van der Waals surface area (Å²) in [6.07, 6.45) is 1.52. The largest absolute Gasteiger partial charge is 0.449 e. The van der Waals surface area contributed by atoms with Crippen LogP contribution in [0, 0.1) is 0 Å². The number of carbonyl (C=O) groups excluding carboxylic acids is 2. The Morgan fingerprint density at radius 2 is 1.17 bits per heavy atom. The number of hydrogen-bond acceptors (Lipinski definition) is 20. The molecule has 0 spiro atoms. The Bertz CT molecular complexity index is 665. The van der Waals surface area contributed by atoms with Crippen molar-refractivity contribution in [3.63, 3.8) is 0 Å². The molecule has 0 aromatic rings. The molecule has 22 heteroatoms. The maximum absolute atomic E-state index is 11.6. The normalized spacial score (nSPS) is 11.2. The van der Waals surface area contributed by atoms with Crippen molar-refractivity contribution in [1.29, 1.82) is 0 Å². The van der Waals surface area contributed by atoms with Crippen molar-refractivity contribution in [2.75, 3.05) is 87.2 Å². The van der Waals surface area contributed by atoms with Gasteiger partial charge in [0.05, 0.1) is 35.4 Å². The molecule has 0 aliphatic carbocycles. The lowest BCUT2D eigenvalue weighted by Gasteiger charge is -2.06. The Morgan fingerprint density at radius 3 is 1.80 bits per heavy atom. The summed E-state index contributed by atoms with van der Waals surface area (Å²) in [6.45, 7) is 0.761. The second kappa shape index (κ2) is 36.3. The third-order valence-electron chi connectivity index (χ3n) is 3.20. The number of nitrogens with one attached hydrogen (secondary N) is 2. The topological polar surface area (TPSA) is 179 Å². The van der Waals surface area contributed by atoms with E-state index in [4.69, 9.17) is 34.3 Å². The number of thioether (sulfide) groups is 8. The van der Waals surface area contributed by atoms with Gasteiger partial charge < -0.3 is 40.1 Å². The molecule has 0 bridgehead atoms. The van der Waals surface area contributed by atoms with Gasteiger partial charge in [0.25, 0.3) is 0 Å². The van der Waals surface area contributed by atoms with E-state index in [-0.39, 0.29) is 23.8 Å². The van der Waals surface area contributed by atoms with E-state index in [1.54, 1.807) is 47.0 Å². The van der Waals surface area contributed by atoms with Gasteiger partial charge in [-0.15, -0.1) is 82.3 Å². The second-order valence-corrected chi connectivity index (χ2v) is 15.1. The van der Waals surface area contributed by atoms with Gasteiger partial charge in [0.1, 0.15) is 25.1 Å². The average Bonchev–Trinajstić information content (AvgIpc) is 2.97. The molecule has 240 valence electrons. The molecule has 0 rings (SSSR count). The predicted molar refractivity (Wildman–Crippen MR) is 179 cm³/mol. The molecule has 0 saturated carbocycles. The number of rotatable bonds is 30. The van der Waals surface area contributed by atoms with Crippen LogP contribution in [0.5, 0.6) is 0 Å². The van der Waals surface area contributed by atoms with Gasteiger partial charge in [0, 0.05) is 26.8 Å². The monoisotopic (exact) mass is 736 g/mol. The van der Waals surface area contributed by atoms with Crippen LogP contribution in [0.1, 0.15) is 0 Å². The predicted octanol–water partition coefficient (Wildman–Crippen LogP) is 3.77. The molecular formula is C19H36N4O10S8. The first-order valence-corrected chi connectivity index (χ1v) is 20.6. The molecule has 0 unspecified atom stereocenters. The fourth-order valence-electron chi connectivity index (χ4n) is 1.63. The highest BCUT2D eigenvalue weighted by molar-refractivity contribution is 8.16. The fraction of sp³-hybridized carbons (Fsp3) is 0.789. The molecule has 0 atom stereocenters. The summed E-state index contributed by atoms with van der Waals surface area (Å²) in [6, 6.07) is 0. The average molecular weight is 737 g/mol. The second-order valence-electron chi connectivity index (χ2n) is 6.07. The lowest BCUT2D eigenvalue weighted by atomic mass is 10.8. The number of amides is 2. The first kappa shape index (κ1) is 41.1. The summed E-state index contributed by atoms with van der Waals surface area (Å²) in [5.41, 5.74) is 0. The Kier molecular flexibility index (Phi) is 36.4. The molecule has 2 amide bonds. The highest BCUT2D eigenvalue weighted by atomic mass is 32.2. The summed E-state index contributed by atoms with van der Waals surface area (Å²) < 4.78 is 9.92. The van der Waals surface area contributed by atoms with Crippen LogP contribution in [0.15, 0.2) is 9.98 Å². The minimum absolute atomic E-state index is 0.0287. The molecule has 0 radical (unpaired) electrons. The molecule has 41 heavy (non-hydrogen) atoms. The number of carbonyl (C=O) groups is 2.